The van der Waals surface area contributed by atoms with E-state index in [4.69, 9.17) is 4.74 Å². The summed E-state index contributed by atoms with van der Waals surface area (Å²) in [4.78, 5) is 11.5. The zero-order valence-corrected chi connectivity index (χ0v) is 10.9. The molecule has 0 aliphatic heterocycles. The number of carbonyl (C=O) groups is 1. The molecular formula is C15H20O3. The molecule has 1 N–H and O–H groups in total. The molecule has 0 fully saturated rings. The van der Waals surface area contributed by atoms with Crippen molar-refractivity contribution in [1.29, 1.82) is 0 Å². The van der Waals surface area contributed by atoms with Gasteiger partial charge in [0.15, 0.2) is 0 Å². The van der Waals surface area contributed by atoms with E-state index in [1.54, 1.807) is 6.92 Å². The van der Waals surface area contributed by atoms with E-state index in [0.29, 0.717) is 18.6 Å². The van der Waals surface area contributed by atoms with E-state index >= 15 is 0 Å². The van der Waals surface area contributed by atoms with Gasteiger partial charge < -0.3 is 9.84 Å². The van der Waals surface area contributed by atoms with Gasteiger partial charge in [-0.1, -0.05) is 43.7 Å². The molecule has 18 heavy (non-hydrogen) atoms. The maximum absolute atomic E-state index is 11.5. The third kappa shape index (κ3) is 4.34. The van der Waals surface area contributed by atoms with Crippen LogP contribution in [0.25, 0.3) is 5.57 Å². The van der Waals surface area contributed by atoms with Crippen LogP contribution in [0.4, 0.5) is 0 Å². The SMILES string of the molecule is CCCC(O)/C(=C/C(=O)OCC)c1ccccc1. The predicted molar refractivity (Wildman–Crippen MR) is 72.0 cm³/mol. The Morgan fingerprint density at radius 1 is 1.33 bits per heavy atom. The fourth-order valence-electron chi connectivity index (χ4n) is 1.74. The molecule has 0 saturated heterocycles. The molecule has 0 spiro atoms. The molecule has 0 amide bonds. The number of aliphatic hydroxyl groups is 1. The fourth-order valence-corrected chi connectivity index (χ4v) is 1.74. The van der Waals surface area contributed by atoms with Crippen LogP contribution in [0, 0.1) is 0 Å². The van der Waals surface area contributed by atoms with E-state index in [2.05, 4.69) is 0 Å². The van der Waals surface area contributed by atoms with Gasteiger partial charge in [0.1, 0.15) is 0 Å². The van der Waals surface area contributed by atoms with Gasteiger partial charge in [-0.25, -0.2) is 4.79 Å². The Morgan fingerprint density at radius 2 is 2.00 bits per heavy atom. The molecule has 3 nitrogen and oxygen atoms in total. The monoisotopic (exact) mass is 248 g/mol. The normalized spacial score (nSPS) is 13.2. The van der Waals surface area contributed by atoms with Gasteiger partial charge in [0, 0.05) is 6.08 Å². The summed E-state index contributed by atoms with van der Waals surface area (Å²) in [5, 5.41) is 10.1. The van der Waals surface area contributed by atoms with Crippen molar-refractivity contribution in [3.05, 3.63) is 42.0 Å². The van der Waals surface area contributed by atoms with Crippen LogP contribution in [0.15, 0.2) is 36.4 Å². The number of ether oxygens (including phenoxy) is 1. The first kappa shape index (κ1) is 14.5. The highest BCUT2D eigenvalue weighted by Gasteiger charge is 2.14. The quantitative estimate of drug-likeness (QED) is 0.622. The highest BCUT2D eigenvalue weighted by atomic mass is 16.5. The predicted octanol–water partition coefficient (Wildman–Crippen LogP) is 2.79. The molecular weight excluding hydrogens is 228 g/mol. The summed E-state index contributed by atoms with van der Waals surface area (Å²) in [7, 11) is 0. The summed E-state index contributed by atoms with van der Waals surface area (Å²) < 4.78 is 4.90. The zero-order valence-electron chi connectivity index (χ0n) is 10.9. The van der Waals surface area contributed by atoms with Crippen molar-refractivity contribution >= 4 is 11.5 Å². The van der Waals surface area contributed by atoms with Crippen LogP contribution in [-0.4, -0.2) is 23.8 Å². The van der Waals surface area contributed by atoms with Gasteiger partial charge in [-0.15, -0.1) is 0 Å². The number of esters is 1. The van der Waals surface area contributed by atoms with Crippen LogP contribution in [0.2, 0.25) is 0 Å². The van der Waals surface area contributed by atoms with Crippen LogP contribution >= 0.6 is 0 Å². The lowest BCUT2D eigenvalue weighted by Gasteiger charge is -2.14. The molecule has 0 aliphatic carbocycles. The molecule has 0 bridgehead atoms. The van der Waals surface area contributed by atoms with Crippen molar-refractivity contribution in [2.75, 3.05) is 6.61 Å². The Labute approximate surface area is 108 Å². The number of hydrogen-bond acceptors (Lipinski definition) is 3. The van der Waals surface area contributed by atoms with E-state index in [9.17, 15) is 9.90 Å². The molecule has 0 aliphatic rings. The zero-order chi connectivity index (χ0) is 13.4. The Bertz CT molecular complexity index is 395. The Morgan fingerprint density at radius 3 is 2.56 bits per heavy atom. The second kappa shape index (κ2) is 7.67. The largest absolute Gasteiger partial charge is 0.463 e. The molecule has 0 aromatic heterocycles. The number of aliphatic hydroxyl groups excluding tert-OH is 1. The first-order chi connectivity index (χ1) is 8.69. The molecule has 0 radical (unpaired) electrons. The highest BCUT2D eigenvalue weighted by molar-refractivity contribution is 5.92. The lowest BCUT2D eigenvalue weighted by molar-refractivity contribution is -0.137. The Hall–Kier alpha value is -1.61. The van der Waals surface area contributed by atoms with Crippen molar-refractivity contribution < 1.29 is 14.6 Å². The number of benzene rings is 1. The van der Waals surface area contributed by atoms with Gasteiger partial charge in [-0.2, -0.15) is 0 Å². The number of carbonyl (C=O) groups excluding carboxylic acids is 1. The Balaban J connectivity index is 2.99. The minimum Gasteiger partial charge on any atom is -0.463 e. The molecule has 3 heteroatoms. The Kier molecular flexibility index (Phi) is 6.15. The molecule has 0 heterocycles. The topological polar surface area (TPSA) is 46.5 Å². The minimum absolute atomic E-state index is 0.335. The van der Waals surface area contributed by atoms with Gasteiger partial charge in [0.25, 0.3) is 0 Å². The van der Waals surface area contributed by atoms with Crippen LogP contribution in [0.5, 0.6) is 0 Å². The number of hydrogen-bond donors (Lipinski definition) is 1. The summed E-state index contributed by atoms with van der Waals surface area (Å²) in [6.07, 6.45) is 2.23. The molecule has 1 atom stereocenters. The van der Waals surface area contributed by atoms with Crippen LogP contribution < -0.4 is 0 Å². The maximum Gasteiger partial charge on any atom is 0.331 e. The average Bonchev–Trinajstić information content (AvgIpc) is 2.37. The minimum atomic E-state index is -0.637. The lowest BCUT2D eigenvalue weighted by atomic mass is 9.97. The van der Waals surface area contributed by atoms with E-state index < -0.39 is 12.1 Å². The van der Waals surface area contributed by atoms with Gasteiger partial charge >= 0.3 is 5.97 Å². The van der Waals surface area contributed by atoms with Crippen molar-refractivity contribution in [3.63, 3.8) is 0 Å². The van der Waals surface area contributed by atoms with Gasteiger partial charge in [0.05, 0.1) is 12.7 Å². The van der Waals surface area contributed by atoms with Crippen molar-refractivity contribution in [2.45, 2.75) is 32.8 Å². The summed E-state index contributed by atoms with van der Waals surface area (Å²) >= 11 is 0. The van der Waals surface area contributed by atoms with E-state index in [0.717, 1.165) is 12.0 Å². The standard InChI is InChI=1S/C15H20O3/c1-3-8-14(16)13(11-15(17)18-4-2)12-9-6-5-7-10-12/h5-7,9-11,14,16H,3-4,8H2,1-2H3/b13-11+. The van der Waals surface area contributed by atoms with E-state index in [1.165, 1.54) is 6.08 Å². The third-order valence-electron chi connectivity index (χ3n) is 2.59. The molecule has 1 rings (SSSR count). The maximum atomic E-state index is 11.5. The van der Waals surface area contributed by atoms with Crippen LogP contribution in [-0.2, 0) is 9.53 Å². The average molecular weight is 248 g/mol. The highest BCUT2D eigenvalue weighted by Crippen LogP contribution is 2.21. The fraction of sp³-hybridized carbons (Fsp3) is 0.400. The van der Waals surface area contributed by atoms with Gasteiger partial charge in [-0.3, -0.25) is 0 Å². The van der Waals surface area contributed by atoms with E-state index in [-0.39, 0.29) is 0 Å². The van der Waals surface area contributed by atoms with Gasteiger partial charge in [0.2, 0.25) is 0 Å². The van der Waals surface area contributed by atoms with Crippen molar-refractivity contribution in [3.8, 4) is 0 Å². The summed E-state index contributed by atoms with van der Waals surface area (Å²) in [5.74, 6) is -0.411. The second-order valence-electron chi connectivity index (χ2n) is 4.02. The summed E-state index contributed by atoms with van der Waals surface area (Å²) in [6.45, 7) is 4.09. The van der Waals surface area contributed by atoms with Crippen LogP contribution in [0.3, 0.4) is 0 Å². The van der Waals surface area contributed by atoms with Gasteiger partial charge in [-0.05, 0) is 24.5 Å². The lowest BCUT2D eigenvalue weighted by Crippen LogP contribution is -2.12. The number of rotatable bonds is 6. The summed E-state index contributed by atoms with van der Waals surface area (Å²) in [5.41, 5.74) is 1.47. The molecule has 1 aromatic carbocycles. The van der Waals surface area contributed by atoms with Crippen LogP contribution in [0.1, 0.15) is 32.3 Å². The second-order valence-corrected chi connectivity index (χ2v) is 4.02. The first-order valence-corrected chi connectivity index (χ1v) is 6.30. The molecule has 0 saturated carbocycles. The summed E-state index contributed by atoms with van der Waals surface area (Å²) in [6, 6.07) is 9.42. The van der Waals surface area contributed by atoms with Crippen molar-refractivity contribution in [2.24, 2.45) is 0 Å². The van der Waals surface area contributed by atoms with E-state index in [1.807, 2.05) is 37.3 Å². The third-order valence-corrected chi connectivity index (χ3v) is 2.59. The first-order valence-electron chi connectivity index (χ1n) is 6.30. The molecule has 98 valence electrons. The smallest absolute Gasteiger partial charge is 0.331 e. The molecule has 1 unspecified atom stereocenters. The van der Waals surface area contributed by atoms with Crippen molar-refractivity contribution in [1.82, 2.24) is 0 Å². The molecule has 1 aromatic rings.